The lowest BCUT2D eigenvalue weighted by Gasteiger charge is -2.25. The van der Waals surface area contributed by atoms with Gasteiger partial charge in [-0.2, -0.15) is 0 Å². The van der Waals surface area contributed by atoms with E-state index >= 15 is 0 Å². The molecule has 0 bridgehead atoms. The van der Waals surface area contributed by atoms with Crippen molar-refractivity contribution in [2.75, 3.05) is 6.61 Å². The van der Waals surface area contributed by atoms with Gasteiger partial charge in [-0.3, -0.25) is 4.79 Å². The smallest absolute Gasteiger partial charge is 0.223 e. The van der Waals surface area contributed by atoms with Crippen LogP contribution in [-0.2, 0) is 9.53 Å². The number of hydrogen-bond acceptors (Lipinski definition) is 4. The third kappa shape index (κ3) is 2.67. The Hall–Kier alpha value is -0.290. The summed E-state index contributed by atoms with van der Waals surface area (Å²) < 4.78 is 5.54. The largest absolute Gasteiger partial charge is 0.479 e. The van der Waals surface area contributed by atoms with E-state index in [9.17, 15) is 4.79 Å². The lowest BCUT2D eigenvalue weighted by Crippen LogP contribution is -2.46. The van der Waals surface area contributed by atoms with Crippen molar-refractivity contribution in [1.82, 2.24) is 5.32 Å². The van der Waals surface area contributed by atoms with Gasteiger partial charge in [0, 0.05) is 0 Å². The first-order valence-electron chi connectivity index (χ1n) is 3.35. The fourth-order valence-corrected chi connectivity index (χ4v) is 1.98. The number of β-lactam (4-membered cyclic amide) rings is 1. The quantitative estimate of drug-likeness (QED) is 0.519. The van der Waals surface area contributed by atoms with E-state index in [1.54, 1.807) is 0 Å². The Balaban J connectivity index is 2.11. The van der Waals surface area contributed by atoms with E-state index in [0.717, 1.165) is 0 Å². The SMILES string of the molecule is CCOC(=S)SC1CC(=O)N1. The van der Waals surface area contributed by atoms with Crippen LogP contribution in [0.1, 0.15) is 13.3 Å². The minimum Gasteiger partial charge on any atom is -0.479 e. The van der Waals surface area contributed by atoms with E-state index in [1.807, 2.05) is 6.92 Å². The van der Waals surface area contributed by atoms with Crippen LogP contribution in [0.15, 0.2) is 0 Å². The minimum atomic E-state index is 0.0850. The van der Waals surface area contributed by atoms with E-state index in [-0.39, 0.29) is 11.3 Å². The molecule has 0 saturated carbocycles. The number of ether oxygens (including phenoxy) is 1. The highest BCUT2D eigenvalue weighted by Crippen LogP contribution is 2.20. The summed E-state index contributed by atoms with van der Waals surface area (Å²) in [5.74, 6) is 0.0850. The monoisotopic (exact) mass is 191 g/mol. The fraction of sp³-hybridized carbons (Fsp3) is 0.667. The first-order chi connectivity index (χ1) is 5.22. The van der Waals surface area contributed by atoms with Gasteiger partial charge in [0.2, 0.25) is 10.3 Å². The zero-order chi connectivity index (χ0) is 8.27. The maximum Gasteiger partial charge on any atom is 0.223 e. The number of carbonyl (C=O) groups is 1. The Morgan fingerprint density at radius 3 is 3.09 bits per heavy atom. The highest BCUT2D eigenvalue weighted by Gasteiger charge is 2.27. The summed E-state index contributed by atoms with van der Waals surface area (Å²) in [4.78, 5) is 10.4. The average Bonchev–Trinajstić information content (AvgIpc) is 1.85. The van der Waals surface area contributed by atoms with Crippen molar-refractivity contribution >= 4 is 34.3 Å². The molecule has 0 aromatic carbocycles. The Bertz CT molecular complexity index is 175. The normalized spacial score (nSPS) is 21.9. The molecule has 1 unspecified atom stereocenters. The van der Waals surface area contributed by atoms with Gasteiger partial charge in [-0.25, -0.2) is 0 Å². The third-order valence-electron chi connectivity index (χ3n) is 1.19. The summed E-state index contributed by atoms with van der Waals surface area (Å²) in [7, 11) is 0. The molecule has 1 heterocycles. The highest BCUT2D eigenvalue weighted by atomic mass is 32.2. The Morgan fingerprint density at radius 1 is 2.00 bits per heavy atom. The van der Waals surface area contributed by atoms with E-state index in [4.69, 9.17) is 17.0 Å². The van der Waals surface area contributed by atoms with Crippen molar-refractivity contribution < 1.29 is 9.53 Å². The molecule has 1 aliphatic heterocycles. The molecule has 1 amide bonds. The molecule has 62 valence electrons. The van der Waals surface area contributed by atoms with Crippen molar-refractivity contribution in [3.63, 3.8) is 0 Å². The van der Waals surface area contributed by atoms with Gasteiger partial charge in [-0.1, -0.05) is 11.8 Å². The van der Waals surface area contributed by atoms with Gasteiger partial charge >= 0.3 is 0 Å². The summed E-state index contributed by atoms with van der Waals surface area (Å²) in [5.41, 5.74) is 0. The van der Waals surface area contributed by atoms with Crippen molar-refractivity contribution in [3.05, 3.63) is 0 Å². The molecule has 0 aromatic rings. The van der Waals surface area contributed by atoms with Crippen LogP contribution in [-0.4, -0.2) is 22.3 Å². The number of thiocarbonyl (C=S) groups is 1. The average molecular weight is 191 g/mol. The molecule has 1 fully saturated rings. The van der Waals surface area contributed by atoms with Crippen molar-refractivity contribution in [1.29, 1.82) is 0 Å². The molecule has 0 spiro atoms. The van der Waals surface area contributed by atoms with Crippen LogP contribution in [0, 0.1) is 0 Å². The second-order valence-corrected chi connectivity index (χ2v) is 3.87. The van der Waals surface area contributed by atoms with Gasteiger partial charge in [-0.15, -0.1) is 0 Å². The van der Waals surface area contributed by atoms with Gasteiger partial charge in [0.05, 0.1) is 18.4 Å². The Morgan fingerprint density at radius 2 is 2.64 bits per heavy atom. The topological polar surface area (TPSA) is 38.3 Å². The summed E-state index contributed by atoms with van der Waals surface area (Å²) in [6.45, 7) is 2.47. The summed E-state index contributed by atoms with van der Waals surface area (Å²) >= 11 is 6.25. The first-order valence-corrected chi connectivity index (χ1v) is 4.64. The van der Waals surface area contributed by atoms with Gasteiger partial charge in [0.25, 0.3) is 0 Å². The molecule has 0 radical (unpaired) electrons. The molecule has 3 nitrogen and oxygen atoms in total. The molecule has 5 heteroatoms. The Labute approximate surface area is 74.9 Å². The van der Waals surface area contributed by atoms with Crippen molar-refractivity contribution in [2.24, 2.45) is 0 Å². The Kier molecular flexibility index (Phi) is 3.14. The summed E-state index contributed by atoms with van der Waals surface area (Å²) in [6.07, 6.45) is 0.553. The maximum absolute atomic E-state index is 10.4. The van der Waals surface area contributed by atoms with Gasteiger partial charge in [0.15, 0.2) is 0 Å². The number of carbonyl (C=O) groups excluding carboxylic acids is 1. The predicted octanol–water partition coefficient (Wildman–Crippen LogP) is 0.887. The van der Waals surface area contributed by atoms with Crippen LogP contribution in [0.3, 0.4) is 0 Å². The number of hydrogen-bond donors (Lipinski definition) is 1. The molecule has 11 heavy (non-hydrogen) atoms. The second-order valence-electron chi connectivity index (χ2n) is 2.06. The minimum absolute atomic E-state index is 0.0850. The number of nitrogens with one attached hydrogen (secondary N) is 1. The molecule has 1 N–H and O–H groups in total. The molecular weight excluding hydrogens is 182 g/mol. The maximum atomic E-state index is 10.4. The fourth-order valence-electron chi connectivity index (χ4n) is 0.666. The number of amides is 1. The van der Waals surface area contributed by atoms with Gasteiger partial charge in [-0.05, 0) is 19.1 Å². The van der Waals surface area contributed by atoms with E-state index in [0.29, 0.717) is 17.4 Å². The molecule has 1 rings (SSSR count). The zero-order valence-electron chi connectivity index (χ0n) is 6.12. The van der Waals surface area contributed by atoms with Crippen LogP contribution in [0.25, 0.3) is 0 Å². The van der Waals surface area contributed by atoms with Crippen LogP contribution < -0.4 is 5.32 Å². The molecule has 1 atom stereocenters. The summed E-state index contributed by atoms with van der Waals surface area (Å²) in [5, 5.41) is 2.83. The summed E-state index contributed by atoms with van der Waals surface area (Å²) in [6, 6.07) is 0. The van der Waals surface area contributed by atoms with Crippen molar-refractivity contribution in [2.45, 2.75) is 18.7 Å². The van der Waals surface area contributed by atoms with Crippen molar-refractivity contribution in [3.8, 4) is 0 Å². The standard InChI is InChI=1S/C6H9NO2S2/c1-2-9-6(10)11-5-3-4(8)7-5/h5H,2-3H2,1H3,(H,7,8). The number of thioether (sulfide) groups is 1. The van der Waals surface area contributed by atoms with Gasteiger partial charge in [0.1, 0.15) is 0 Å². The second kappa shape index (κ2) is 3.92. The molecule has 1 aliphatic rings. The number of rotatable bonds is 2. The molecule has 0 aromatic heterocycles. The van der Waals surface area contributed by atoms with E-state index in [1.165, 1.54) is 11.8 Å². The lowest BCUT2D eigenvalue weighted by atomic mass is 10.3. The highest BCUT2D eigenvalue weighted by molar-refractivity contribution is 8.23. The molecule has 1 saturated heterocycles. The van der Waals surface area contributed by atoms with E-state index < -0.39 is 0 Å². The van der Waals surface area contributed by atoms with Crippen LogP contribution in [0.2, 0.25) is 0 Å². The van der Waals surface area contributed by atoms with Crippen LogP contribution >= 0.6 is 24.0 Å². The van der Waals surface area contributed by atoms with E-state index in [2.05, 4.69) is 5.32 Å². The third-order valence-corrected chi connectivity index (χ3v) is 2.48. The molecule has 0 aliphatic carbocycles. The first kappa shape index (κ1) is 8.80. The predicted molar refractivity (Wildman–Crippen MR) is 48.4 cm³/mol. The lowest BCUT2D eigenvalue weighted by molar-refractivity contribution is -0.126. The van der Waals surface area contributed by atoms with Crippen LogP contribution in [0.4, 0.5) is 0 Å². The van der Waals surface area contributed by atoms with Crippen LogP contribution in [0.5, 0.6) is 0 Å². The molecular formula is C6H9NO2S2. The zero-order valence-corrected chi connectivity index (χ0v) is 7.76. The van der Waals surface area contributed by atoms with Gasteiger partial charge < -0.3 is 10.1 Å².